The number of pyridine rings is 1. The van der Waals surface area contributed by atoms with Gasteiger partial charge in [0.05, 0.1) is 17.4 Å². The third-order valence-electron chi connectivity index (χ3n) is 8.48. The third kappa shape index (κ3) is 3.41. The lowest BCUT2D eigenvalue weighted by atomic mass is 9.93. The lowest BCUT2D eigenvalue weighted by Gasteiger charge is -2.13. The van der Waals surface area contributed by atoms with E-state index in [1.807, 2.05) is 17.5 Å². The van der Waals surface area contributed by atoms with Crippen LogP contribution in [0.25, 0.3) is 81.0 Å². The van der Waals surface area contributed by atoms with Crippen LogP contribution in [0.1, 0.15) is 0 Å². The number of aromatic nitrogens is 2. The first-order valence-corrected chi connectivity index (χ1v) is 15.0. The monoisotopic (exact) mass is 552 g/mol. The van der Waals surface area contributed by atoms with Crippen molar-refractivity contribution in [3.05, 3.63) is 146 Å². The molecule has 3 aromatic heterocycles. The molecule has 0 aliphatic heterocycles. The van der Waals surface area contributed by atoms with Gasteiger partial charge in [-0.25, -0.2) is 4.98 Å². The quantitative estimate of drug-likeness (QED) is 0.199. The number of hydrogen-bond acceptors (Lipinski definition) is 2. The van der Waals surface area contributed by atoms with Crippen molar-refractivity contribution >= 4 is 58.8 Å². The molecule has 0 aliphatic carbocycles. The van der Waals surface area contributed by atoms with Crippen molar-refractivity contribution in [3.8, 4) is 33.5 Å². The van der Waals surface area contributed by atoms with E-state index in [9.17, 15) is 0 Å². The van der Waals surface area contributed by atoms with E-state index >= 15 is 0 Å². The number of hydrogen-bond donors (Lipinski definition) is 0. The standard InChI is InChI=1S/C39H24N2S/c1-2-11-28(32-16-9-17-33-31-14-6-8-19-37(31)42-38(32)33)27(10-1)25-20-22-26(23-21-25)36-24-40-39-34-15-4-3-12-29(34)30-13-5-7-18-35(30)41(36)39/h1-24H. The molecule has 3 heteroatoms. The highest BCUT2D eigenvalue weighted by Gasteiger charge is 2.16. The number of benzene rings is 6. The molecular formula is C39H24N2S. The Morgan fingerprint density at radius 3 is 1.93 bits per heavy atom. The number of nitrogens with zero attached hydrogens (tertiary/aromatic N) is 2. The van der Waals surface area contributed by atoms with Gasteiger partial charge in [-0.2, -0.15) is 0 Å². The molecule has 9 aromatic rings. The van der Waals surface area contributed by atoms with E-state index in [2.05, 4.69) is 144 Å². The van der Waals surface area contributed by atoms with Crippen LogP contribution in [-0.4, -0.2) is 9.38 Å². The average Bonchev–Trinajstić information content (AvgIpc) is 3.68. The van der Waals surface area contributed by atoms with Crippen molar-refractivity contribution in [2.45, 2.75) is 0 Å². The molecule has 0 radical (unpaired) electrons. The summed E-state index contributed by atoms with van der Waals surface area (Å²) in [6, 6.07) is 50.4. The summed E-state index contributed by atoms with van der Waals surface area (Å²) in [5.41, 5.74) is 9.40. The fourth-order valence-corrected chi connectivity index (χ4v) is 7.78. The lowest BCUT2D eigenvalue weighted by Crippen LogP contribution is -1.93. The van der Waals surface area contributed by atoms with Crippen LogP contribution in [0.2, 0.25) is 0 Å². The second-order valence-electron chi connectivity index (χ2n) is 10.8. The largest absolute Gasteiger partial charge is 0.292 e. The molecule has 0 spiro atoms. The predicted octanol–water partition coefficient (Wildman–Crippen LogP) is 11.0. The summed E-state index contributed by atoms with van der Waals surface area (Å²) in [4.78, 5) is 4.92. The zero-order valence-corrected chi connectivity index (χ0v) is 23.5. The minimum Gasteiger partial charge on any atom is -0.292 e. The summed E-state index contributed by atoms with van der Waals surface area (Å²) < 4.78 is 4.98. The van der Waals surface area contributed by atoms with Gasteiger partial charge in [-0.1, -0.05) is 127 Å². The lowest BCUT2D eigenvalue weighted by molar-refractivity contribution is 1.27. The molecule has 0 N–H and O–H groups in total. The van der Waals surface area contributed by atoms with Crippen molar-refractivity contribution in [2.24, 2.45) is 0 Å². The molecule has 0 bridgehead atoms. The van der Waals surface area contributed by atoms with Gasteiger partial charge in [0, 0.05) is 42.1 Å². The summed E-state index contributed by atoms with van der Waals surface area (Å²) in [6.45, 7) is 0. The summed E-state index contributed by atoms with van der Waals surface area (Å²) in [6.07, 6.45) is 2.01. The maximum absolute atomic E-state index is 4.92. The Balaban J connectivity index is 1.20. The topological polar surface area (TPSA) is 17.3 Å². The maximum atomic E-state index is 4.92. The van der Waals surface area contributed by atoms with Gasteiger partial charge in [-0.05, 0) is 34.2 Å². The Morgan fingerprint density at radius 1 is 0.452 bits per heavy atom. The predicted molar refractivity (Wildman–Crippen MR) is 179 cm³/mol. The summed E-state index contributed by atoms with van der Waals surface area (Å²) in [7, 11) is 0. The second-order valence-corrected chi connectivity index (χ2v) is 11.8. The van der Waals surface area contributed by atoms with Crippen molar-refractivity contribution < 1.29 is 0 Å². The highest BCUT2D eigenvalue weighted by atomic mass is 32.1. The number of fused-ring (bicyclic) bond motifs is 9. The number of thiophene rings is 1. The van der Waals surface area contributed by atoms with Gasteiger partial charge in [0.25, 0.3) is 0 Å². The van der Waals surface area contributed by atoms with E-state index in [-0.39, 0.29) is 0 Å². The van der Waals surface area contributed by atoms with Gasteiger partial charge >= 0.3 is 0 Å². The minimum atomic E-state index is 0.991. The van der Waals surface area contributed by atoms with Crippen molar-refractivity contribution in [2.75, 3.05) is 0 Å². The summed E-state index contributed by atoms with van der Waals surface area (Å²) in [5, 5.41) is 6.29. The van der Waals surface area contributed by atoms with Gasteiger partial charge in [-0.3, -0.25) is 4.40 Å². The Hall–Kier alpha value is -5.25. The van der Waals surface area contributed by atoms with Crippen molar-refractivity contribution in [3.63, 3.8) is 0 Å². The Kier molecular flexibility index (Phi) is 5.10. The number of rotatable bonds is 3. The molecule has 0 saturated heterocycles. The van der Waals surface area contributed by atoms with Crippen LogP contribution < -0.4 is 0 Å². The van der Waals surface area contributed by atoms with Crippen LogP contribution in [0.5, 0.6) is 0 Å². The molecule has 6 aromatic carbocycles. The van der Waals surface area contributed by atoms with Gasteiger partial charge < -0.3 is 0 Å². The number of para-hydroxylation sites is 1. The molecule has 0 atom stereocenters. The fourth-order valence-electron chi connectivity index (χ4n) is 6.55. The molecule has 42 heavy (non-hydrogen) atoms. The van der Waals surface area contributed by atoms with Crippen LogP contribution in [0.3, 0.4) is 0 Å². The van der Waals surface area contributed by atoms with E-state index in [0.29, 0.717) is 0 Å². The van der Waals surface area contributed by atoms with E-state index in [4.69, 9.17) is 4.98 Å². The Labute approximate surface area is 246 Å². The first-order chi connectivity index (χ1) is 20.8. The zero-order valence-electron chi connectivity index (χ0n) is 22.7. The van der Waals surface area contributed by atoms with Crippen LogP contribution in [0.15, 0.2) is 146 Å². The molecular weight excluding hydrogens is 529 g/mol. The van der Waals surface area contributed by atoms with Crippen LogP contribution >= 0.6 is 11.3 Å². The summed E-state index contributed by atoms with van der Waals surface area (Å²) >= 11 is 1.88. The van der Waals surface area contributed by atoms with E-state index < -0.39 is 0 Å². The van der Waals surface area contributed by atoms with Gasteiger partial charge in [0.2, 0.25) is 0 Å². The SMILES string of the molecule is c1ccc(-c2cccc3c2sc2ccccc23)c(-c2ccc(-c3cnc4c5ccccc5c5ccccc5n34)cc2)c1. The fraction of sp³-hybridized carbons (Fsp3) is 0. The molecule has 196 valence electrons. The highest BCUT2D eigenvalue weighted by molar-refractivity contribution is 7.26. The molecule has 0 aliphatic rings. The number of imidazole rings is 1. The molecule has 0 amide bonds. The second kappa shape index (κ2) is 9.13. The molecule has 3 heterocycles. The third-order valence-corrected chi connectivity index (χ3v) is 9.70. The maximum Gasteiger partial charge on any atom is 0.145 e. The molecule has 0 saturated carbocycles. The minimum absolute atomic E-state index is 0.991. The normalized spacial score (nSPS) is 11.8. The van der Waals surface area contributed by atoms with Crippen molar-refractivity contribution in [1.82, 2.24) is 9.38 Å². The van der Waals surface area contributed by atoms with Gasteiger partial charge in [0.1, 0.15) is 5.65 Å². The van der Waals surface area contributed by atoms with E-state index in [1.165, 1.54) is 64.1 Å². The molecule has 9 rings (SSSR count). The zero-order chi connectivity index (χ0) is 27.6. The van der Waals surface area contributed by atoms with Crippen LogP contribution in [-0.2, 0) is 0 Å². The first kappa shape index (κ1) is 23.5. The molecule has 0 fully saturated rings. The smallest absolute Gasteiger partial charge is 0.145 e. The van der Waals surface area contributed by atoms with Crippen LogP contribution in [0, 0.1) is 0 Å². The molecule has 0 unspecified atom stereocenters. The Bertz CT molecular complexity index is 2460. The summed E-state index contributed by atoms with van der Waals surface area (Å²) in [5.74, 6) is 0. The van der Waals surface area contributed by atoms with Gasteiger partial charge in [-0.15, -0.1) is 11.3 Å². The van der Waals surface area contributed by atoms with Crippen LogP contribution in [0.4, 0.5) is 0 Å². The van der Waals surface area contributed by atoms with E-state index in [0.717, 1.165) is 16.9 Å². The average molecular weight is 553 g/mol. The highest BCUT2D eigenvalue weighted by Crippen LogP contribution is 2.43. The van der Waals surface area contributed by atoms with E-state index in [1.54, 1.807) is 0 Å². The Morgan fingerprint density at radius 2 is 1.07 bits per heavy atom. The van der Waals surface area contributed by atoms with Crippen molar-refractivity contribution in [1.29, 1.82) is 0 Å². The van der Waals surface area contributed by atoms with Gasteiger partial charge in [0.15, 0.2) is 0 Å². The first-order valence-electron chi connectivity index (χ1n) is 14.2. The molecule has 2 nitrogen and oxygen atoms in total.